The van der Waals surface area contributed by atoms with Gasteiger partial charge in [0.15, 0.2) is 5.78 Å². The van der Waals surface area contributed by atoms with E-state index in [0.29, 0.717) is 18.3 Å². The summed E-state index contributed by atoms with van der Waals surface area (Å²) in [6.07, 6.45) is 10.6. The Morgan fingerprint density at radius 2 is 1.90 bits per heavy atom. The minimum Gasteiger partial charge on any atom is -0.311 e. The molecule has 0 aromatic rings. The van der Waals surface area contributed by atoms with Gasteiger partial charge in [0.25, 0.3) is 0 Å². The molecule has 1 aliphatic carbocycles. The molecular formula is C24H41N2O3P. The van der Waals surface area contributed by atoms with Crippen LogP contribution in [0.3, 0.4) is 0 Å². The molecule has 1 N–H and O–H groups in total. The molecule has 0 amide bonds. The van der Waals surface area contributed by atoms with Gasteiger partial charge in [0, 0.05) is 18.4 Å². The van der Waals surface area contributed by atoms with E-state index in [-0.39, 0.29) is 35.4 Å². The summed E-state index contributed by atoms with van der Waals surface area (Å²) in [5.41, 5.74) is -0.466. The Kier molecular flexibility index (Phi) is 9.39. The smallest absolute Gasteiger partial charge is 0.151 e. The highest BCUT2D eigenvalue weighted by Crippen LogP contribution is 2.57. The highest BCUT2D eigenvalue weighted by molar-refractivity contribution is 7.13. The molecule has 0 spiro atoms. The molecule has 2 aliphatic rings. The topological polar surface area (TPSA) is 66.5 Å². The number of ketones is 3. The third kappa shape index (κ3) is 6.08. The van der Waals surface area contributed by atoms with Gasteiger partial charge < -0.3 is 5.32 Å². The number of carbonyl (C=O) groups is 3. The summed E-state index contributed by atoms with van der Waals surface area (Å²) in [5.74, 6) is 1.61. The van der Waals surface area contributed by atoms with Gasteiger partial charge in [-0.25, -0.2) is 0 Å². The summed E-state index contributed by atoms with van der Waals surface area (Å²) in [6.45, 7) is 8.54. The maximum absolute atomic E-state index is 13.0. The molecule has 0 aromatic heterocycles. The fraction of sp³-hybridized carbons (Fsp3) is 0.792. The van der Waals surface area contributed by atoms with Crippen molar-refractivity contribution < 1.29 is 14.4 Å². The molecule has 1 aliphatic heterocycles. The maximum atomic E-state index is 13.0. The van der Waals surface area contributed by atoms with Gasteiger partial charge in [-0.05, 0) is 64.3 Å². The molecule has 5 nitrogen and oxygen atoms in total. The SMILES string of the molecule is CN[C@@H](CCCCC/C=C\[C@@H]1C[C@]1(CC(=O)[C@@H]1C(C)[C@@H](C)CN1P)C(C)=O)C(C)=O. The van der Waals surface area contributed by atoms with Crippen molar-refractivity contribution in [3.63, 3.8) is 0 Å². The quantitative estimate of drug-likeness (QED) is 0.269. The predicted octanol–water partition coefficient (Wildman–Crippen LogP) is 3.97. The average molecular weight is 437 g/mol. The standard InChI is InChI=1S/C24H41N2O3P/c1-16-15-26(30)23(17(16)2)22(29)14-24(19(4)28)13-20(24)11-9-7-6-8-10-12-21(25-5)18(3)27/h9,11,16-17,20-21,23,25H,6-8,10,12-15,30H2,1-5H3/b11-9-/t16-,17?,20+,21-,23-,24-/m0/s1. The van der Waals surface area contributed by atoms with E-state index in [2.05, 4.69) is 45.4 Å². The van der Waals surface area contributed by atoms with Gasteiger partial charge in [0.1, 0.15) is 11.6 Å². The Balaban J connectivity index is 1.77. The van der Waals surface area contributed by atoms with E-state index in [4.69, 9.17) is 0 Å². The second-order valence-electron chi connectivity index (χ2n) is 9.66. The van der Waals surface area contributed by atoms with Crippen LogP contribution in [0, 0.1) is 23.2 Å². The van der Waals surface area contributed by atoms with Crippen LogP contribution >= 0.6 is 9.39 Å². The summed E-state index contributed by atoms with van der Waals surface area (Å²) in [4.78, 5) is 36.9. The van der Waals surface area contributed by atoms with E-state index in [1.165, 1.54) is 0 Å². The van der Waals surface area contributed by atoms with Crippen LogP contribution in [0.25, 0.3) is 0 Å². The number of nitrogens with zero attached hydrogens (tertiary/aromatic N) is 1. The van der Waals surface area contributed by atoms with E-state index >= 15 is 0 Å². The summed E-state index contributed by atoms with van der Waals surface area (Å²) < 4.78 is 2.09. The van der Waals surface area contributed by atoms with Crippen LogP contribution in [0.5, 0.6) is 0 Å². The van der Waals surface area contributed by atoms with Crippen molar-refractivity contribution >= 4 is 26.7 Å². The number of nitrogens with one attached hydrogen (secondary N) is 1. The van der Waals surface area contributed by atoms with Gasteiger partial charge in [0.2, 0.25) is 0 Å². The van der Waals surface area contributed by atoms with Gasteiger partial charge in [-0.3, -0.25) is 19.1 Å². The number of hydrogen-bond acceptors (Lipinski definition) is 5. The van der Waals surface area contributed by atoms with E-state index in [9.17, 15) is 14.4 Å². The van der Waals surface area contributed by atoms with Crippen LogP contribution in [0.1, 0.15) is 72.6 Å². The van der Waals surface area contributed by atoms with Crippen LogP contribution in [0.2, 0.25) is 0 Å². The molecule has 1 heterocycles. The van der Waals surface area contributed by atoms with Gasteiger partial charge in [0.05, 0.1) is 12.1 Å². The first-order valence-electron chi connectivity index (χ1n) is 11.5. The number of Topliss-reactive ketones (excluding diaryl/α,β-unsaturated/α-hetero) is 3. The zero-order valence-corrected chi connectivity index (χ0v) is 20.6. The van der Waals surface area contributed by atoms with E-state index < -0.39 is 5.41 Å². The van der Waals surface area contributed by atoms with Crippen LogP contribution in [0.4, 0.5) is 0 Å². The third-order valence-electron chi connectivity index (χ3n) is 7.48. The zero-order chi connectivity index (χ0) is 22.5. The van der Waals surface area contributed by atoms with Crippen molar-refractivity contribution in [1.82, 2.24) is 9.99 Å². The number of unbranched alkanes of at least 4 members (excludes halogenated alkanes) is 3. The molecule has 2 unspecified atom stereocenters. The zero-order valence-electron chi connectivity index (χ0n) is 19.4. The lowest BCUT2D eigenvalue weighted by atomic mass is 9.85. The Bertz CT molecular complexity index is 665. The number of carbonyl (C=O) groups excluding carboxylic acids is 3. The Morgan fingerprint density at radius 1 is 1.20 bits per heavy atom. The molecule has 7 atom stereocenters. The van der Waals surface area contributed by atoms with Crippen molar-refractivity contribution in [1.29, 1.82) is 0 Å². The fourth-order valence-corrected chi connectivity index (χ4v) is 5.81. The second kappa shape index (κ2) is 11.1. The number of hydrogen-bond donors (Lipinski definition) is 1. The summed E-state index contributed by atoms with van der Waals surface area (Å²) in [7, 11) is 4.54. The van der Waals surface area contributed by atoms with Crippen molar-refractivity contribution in [3.05, 3.63) is 12.2 Å². The van der Waals surface area contributed by atoms with Crippen molar-refractivity contribution in [2.24, 2.45) is 23.2 Å². The molecule has 1 saturated heterocycles. The highest BCUT2D eigenvalue weighted by Gasteiger charge is 2.58. The van der Waals surface area contributed by atoms with Crippen LogP contribution in [-0.2, 0) is 14.4 Å². The summed E-state index contributed by atoms with van der Waals surface area (Å²) in [5, 5.41) is 3.06. The largest absolute Gasteiger partial charge is 0.311 e. The minimum atomic E-state index is -0.466. The lowest BCUT2D eigenvalue weighted by Crippen LogP contribution is -2.36. The molecule has 0 bridgehead atoms. The molecule has 0 radical (unpaired) electrons. The Labute approximate surface area is 185 Å². The second-order valence-corrected chi connectivity index (χ2v) is 10.3. The first-order chi connectivity index (χ1) is 14.1. The van der Waals surface area contributed by atoms with E-state index in [1.54, 1.807) is 13.8 Å². The average Bonchev–Trinajstić information content (AvgIpc) is 3.30. The van der Waals surface area contributed by atoms with Crippen LogP contribution in [-0.4, -0.2) is 47.7 Å². The first-order valence-corrected chi connectivity index (χ1v) is 12.0. The molecule has 2 fully saturated rings. The molecule has 2 rings (SSSR count). The predicted molar refractivity (Wildman–Crippen MR) is 125 cm³/mol. The van der Waals surface area contributed by atoms with Gasteiger partial charge in [-0.1, -0.05) is 48.2 Å². The van der Waals surface area contributed by atoms with E-state index in [1.807, 2.05) is 7.05 Å². The molecule has 1 saturated carbocycles. The van der Waals surface area contributed by atoms with E-state index in [0.717, 1.165) is 45.1 Å². The minimum absolute atomic E-state index is 0.0243. The Morgan fingerprint density at radius 3 is 2.43 bits per heavy atom. The fourth-order valence-electron chi connectivity index (χ4n) is 5.04. The van der Waals surface area contributed by atoms with Crippen molar-refractivity contribution in [3.8, 4) is 0 Å². The van der Waals surface area contributed by atoms with Gasteiger partial charge in [-0.15, -0.1) is 0 Å². The number of rotatable bonds is 13. The molecule has 6 heteroatoms. The van der Waals surface area contributed by atoms with Crippen molar-refractivity contribution in [2.45, 2.75) is 84.7 Å². The lowest BCUT2D eigenvalue weighted by molar-refractivity contribution is -0.130. The molecule has 0 aromatic carbocycles. The molecular weight excluding hydrogens is 395 g/mol. The third-order valence-corrected chi connectivity index (χ3v) is 8.01. The van der Waals surface area contributed by atoms with Crippen molar-refractivity contribution in [2.75, 3.05) is 13.6 Å². The normalized spacial score (nSPS) is 32.5. The summed E-state index contributed by atoms with van der Waals surface area (Å²) in [6, 6.07) is -0.105. The molecule has 30 heavy (non-hydrogen) atoms. The van der Waals surface area contributed by atoms with Gasteiger partial charge >= 0.3 is 0 Å². The molecule has 170 valence electrons. The summed E-state index contributed by atoms with van der Waals surface area (Å²) >= 11 is 0. The maximum Gasteiger partial charge on any atom is 0.151 e. The lowest BCUT2D eigenvalue weighted by Gasteiger charge is -2.24. The monoisotopic (exact) mass is 436 g/mol. The van der Waals surface area contributed by atoms with Crippen LogP contribution < -0.4 is 5.32 Å². The van der Waals surface area contributed by atoms with Gasteiger partial charge in [-0.2, -0.15) is 0 Å². The number of allylic oxidation sites excluding steroid dienone is 2. The van der Waals surface area contributed by atoms with Crippen LogP contribution in [0.15, 0.2) is 12.2 Å². The number of likely N-dealkylation sites (N-methyl/N-ethyl adjacent to an activating group) is 1. The Hall–Kier alpha value is -0.900. The highest BCUT2D eigenvalue weighted by atomic mass is 31.0. The first kappa shape index (κ1) is 25.4.